The molecule has 26 heavy (non-hydrogen) atoms. The summed E-state index contributed by atoms with van der Waals surface area (Å²) in [5.74, 6) is -1.02. The summed E-state index contributed by atoms with van der Waals surface area (Å²) in [6, 6.07) is 12.4. The molecular formula is C17H15ClN2O5S. The highest BCUT2D eigenvalue weighted by atomic mass is 35.5. The smallest absolute Gasteiger partial charge is 0.319 e. The van der Waals surface area contributed by atoms with Crippen molar-refractivity contribution < 1.29 is 19.2 Å². The lowest BCUT2D eigenvalue weighted by Gasteiger charge is -2.11. The van der Waals surface area contributed by atoms with E-state index in [1.54, 1.807) is 43.3 Å². The molecular weight excluding hydrogens is 380 g/mol. The Labute approximate surface area is 158 Å². The zero-order chi connectivity index (χ0) is 19.1. The lowest BCUT2D eigenvalue weighted by Crippen LogP contribution is -2.24. The Bertz CT molecular complexity index is 796. The number of nitrogens with one attached hydrogen (secondary N) is 1. The quantitative estimate of drug-likeness (QED) is 0.331. The van der Waals surface area contributed by atoms with E-state index in [4.69, 9.17) is 16.3 Å². The van der Waals surface area contributed by atoms with Crippen molar-refractivity contribution >= 4 is 46.6 Å². The van der Waals surface area contributed by atoms with E-state index >= 15 is 0 Å². The van der Waals surface area contributed by atoms with Gasteiger partial charge in [0.1, 0.15) is 5.25 Å². The molecule has 0 saturated heterocycles. The van der Waals surface area contributed by atoms with Crippen LogP contribution >= 0.6 is 23.4 Å². The highest BCUT2D eigenvalue weighted by Crippen LogP contribution is 2.26. The number of carbonyl (C=O) groups is 2. The minimum absolute atomic E-state index is 0.0246. The average Bonchev–Trinajstić information content (AvgIpc) is 2.62. The van der Waals surface area contributed by atoms with Gasteiger partial charge in [0.05, 0.1) is 4.92 Å². The molecule has 1 atom stereocenters. The van der Waals surface area contributed by atoms with E-state index in [1.807, 2.05) is 0 Å². The Kier molecular flexibility index (Phi) is 6.99. The standard InChI is InChI=1S/C17H15ClN2O5S/c1-11(26-15-8-6-14(7-9-15)20(23)24)17(22)25-10-16(21)19-13-4-2-12(18)3-5-13/h2-9,11H,10H2,1H3,(H,19,21)/t11-/m1/s1. The molecule has 9 heteroatoms. The van der Waals surface area contributed by atoms with Crippen LogP contribution in [0.5, 0.6) is 0 Å². The van der Waals surface area contributed by atoms with Gasteiger partial charge in [0.15, 0.2) is 6.61 Å². The summed E-state index contributed by atoms with van der Waals surface area (Å²) in [6.45, 7) is 1.22. The first kappa shape index (κ1) is 19.7. The first-order valence-corrected chi connectivity index (χ1v) is 8.74. The number of non-ortho nitro benzene ring substituents is 1. The van der Waals surface area contributed by atoms with E-state index in [-0.39, 0.29) is 5.69 Å². The fourth-order valence-corrected chi connectivity index (χ4v) is 2.87. The number of ether oxygens (including phenoxy) is 1. The van der Waals surface area contributed by atoms with Gasteiger partial charge in [0.2, 0.25) is 0 Å². The Morgan fingerprint density at radius 2 is 1.81 bits per heavy atom. The SMILES string of the molecule is C[C@@H](Sc1ccc([N+](=O)[O-])cc1)C(=O)OCC(=O)Nc1ccc(Cl)cc1. The number of nitro groups is 1. The molecule has 136 valence electrons. The summed E-state index contributed by atoms with van der Waals surface area (Å²) in [6.07, 6.45) is 0. The molecule has 0 aliphatic carbocycles. The van der Waals surface area contributed by atoms with Gasteiger partial charge < -0.3 is 10.1 Å². The van der Waals surface area contributed by atoms with Crippen molar-refractivity contribution in [2.45, 2.75) is 17.1 Å². The molecule has 0 aliphatic heterocycles. The van der Waals surface area contributed by atoms with Crippen LogP contribution in [-0.2, 0) is 14.3 Å². The normalized spacial score (nSPS) is 11.5. The van der Waals surface area contributed by atoms with Gasteiger partial charge in [-0.3, -0.25) is 19.7 Å². The monoisotopic (exact) mass is 394 g/mol. The van der Waals surface area contributed by atoms with Crippen LogP contribution in [-0.4, -0.2) is 28.7 Å². The second-order valence-corrected chi connectivity index (χ2v) is 7.02. The number of amides is 1. The summed E-state index contributed by atoms with van der Waals surface area (Å²) in [5.41, 5.74) is 0.521. The van der Waals surface area contributed by atoms with Gasteiger partial charge in [-0.15, -0.1) is 11.8 Å². The molecule has 2 aromatic carbocycles. The second-order valence-electron chi connectivity index (χ2n) is 5.17. The van der Waals surface area contributed by atoms with Crippen molar-refractivity contribution in [2.75, 3.05) is 11.9 Å². The third kappa shape index (κ3) is 6.05. The van der Waals surface area contributed by atoms with Crippen LogP contribution in [0, 0.1) is 10.1 Å². The zero-order valence-electron chi connectivity index (χ0n) is 13.7. The fraction of sp³-hybridized carbons (Fsp3) is 0.176. The van der Waals surface area contributed by atoms with Crippen molar-refractivity contribution in [1.82, 2.24) is 0 Å². The van der Waals surface area contributed by atoms with Gasteiger partial charge in [0, 0.05) is 27.7 Å². The van der Waals surface area contributed by atoms with Crippen LogP contribution in [0.2, 0.25) is 5.02 Å². The van der Waals surface area contributed by atoms with Crippen molar-refractivity contribution in [1.29, 1.82) is 0 Å². The maximum absolute atomic E-state index is 12.0. The van der Waals surface area contributed by atoms with Crippen LogP contribution in [0.1, 0.15) is 6.92 Å². The number of carbonyl (C=O) groups excluding carboxylic acids is 2. The first-order chi connectivity index (χ1) is 12.3. The van der Waals surface area contributed by atoms with Crippen LogP contribution in [0.3, 0.4) is 0 Å². The van der Waals surface area contributed by atoms with Gasteiger partial charge in [-0.25, -0.2) is 0 Å². The van der Waals surface area contributed by atoms with Crippen molar-refractivity contribution in [3.8, 4) is 0 Å². The van der Waals surface area contributed by atoms with E-state index in [9.17, 15) is 19.7 Å². The molecule has 0 aliphatic rings. The van der Waals surface area contributed by atoms with Gasteiger partial charge in [0.25, 0.3) is 11.6 Å². The van der Waals surface area contributed by atoms with Crippen LogP contribution < -0.4 is 5.32 Å². The molecule has 0 saturated carbocycles. The molecule has 0 radical (unpaired) electrons. The Morgan fingerprint density at radius 1 is 1.19 bits per heavy atom. The summed E-state index contributed by atoms with van der Waals surface area (Å²) >= 11 is 6.94. The Hall–Kier alpha value is -2.58. The van der Waals surface area contributed by atoms with Crippen molar-refractivity contribution in [3.05, 3.63) is 63.7 Å². The highest BCUT2D eigenvalue weighted by molar-refractivity contribution is 8.00. The number of nitro benzene ring substituents is 1. The number of halogens is 1. The number of esters is 1. The molecule has 1 amide bonds. The summed E-state index contributed by atoms with van der Waals surface area (Å²) in [5, 5.41) is 13.2. The molecule has 0 unspecified atom stereocenters. The van der Waals surface area contributed by atoms with Crippen LogP contribution in [0.15, 0.2) is 53.4 Å². The van der Waals surface area contributed by atoms with Crippen molar-refractivity contribution in [2.24, 2.45) is 0 Å². The van der Waals surface area contributed by atoms with Gasteiger partial charge in [-0.2, -0.15) is 0 Å². The molecule has 0 fully saturated rings. The topological polar surface area (TPSA) is 98.5 Å². The third-order valence-electron chi connectivity index (χ3n) is 3.17. The zero-order valence-corrected chi connectivity index (χ0v) is 15.3. The number of rotatable bonds is 7. The second kappa shape index (κ2) is 9.21. The predicted molar refractivity (Wildman–Crippen MR) is 99.5 cm³/mol. The van der Waals surface area contributed by atoms with E-state index in [0.29, 0.717) is 15.6 Å². The van der Waals surface area contributed by atoms with Crippen molar-refractivity contribution in [3.63, 3.8) is 0 Å². The largest absolute Gasteiger partial charge is 0.455 e. The van der Waals surface area contributed by atoms with E-state index in [0.717, 1.165) is 0 Å². The lowest BCUT2D eigenvalue weighted by molar-refractivity contribution is -0.384. The highest BCUT2D eigenvalue weighted by Gasteiger charge is 2.18. The molecule has 0 spiro atoms. The van der Waals surface area contributed by atoms with Gasteiger partial charge in [-0.1, -0.05) is 11.6 Å². The number of benzene rings is 2. The number of nitrogens with zero attached hydrogens (tertiary/aromatic N) is 1. The van der Waals surface area contributed by atoms with E-state index < -0.39 is 28.7 Å². The first-order valence-electron chi connectivity index (χ1n) is 7.48. The molecule has 0 aromatic heterocycles. The minimum atomic E-state index is -0.570. The molecule has 1 N–H and O–H groups in total. The molecule has 7 nitrogen and oxygen atoms in total. The molecule has 2 aromatic rings. The maximum Gasteiger partial charge on any atom is 0.319 e. The maximum atomic E-state index is 12.0. The van der Waals surface area contributed by atoms with Crippen LogP contribution in [0.4, 0.5) is 11.4 Å². The minimum Gasteiger partial charge on any atom is -0.455 e. The number of anilines is 1. The van der Waals surface area contributed by atoms with E-state index in [2.05, 4.69) is 5.32 Å². The summed E-state index contributed by atoms with van der Waals surface area (Å²) < 4.78 is 4.99. The summed E-state index contributed by atoms with van der Waals surface area (Å²) in [4.78, 5) is 34.6. The van der Waals surface area contributed by atoms with E-state index in [1.165, 1.54) is 23.9 Å². The predicted octanol–water partition coefficient (Wildman–Crippen LogP) is 3.91. The number of hydrogen-bond donors (Lipinski definition) is 1. The van der Waals surface area contributed by atoms with Gasteiger partial charge >= 0.3 is 5.97 Å². The lowest BCUT2D eigenvalue weighted by atomic mass is 10.3. The number of thioether (sulfide) groups is 1. The van der Waals surface area contributed by atoms with Gasteiger partial charge in [-0.05, 0) is 43.3 Å². The Morgan fingerprint density at radius 3 is 2.38 bits per heavy atom. The molecule has 0 bridgehead atoms. The molecule has 2 rings (SSSR count). The average molecular weight is 395 g/mol. The van der Waals surface area contributed by atoms with Crippen LogP contribution in [0.25, 0.3) is 0 Å². The Balaban J connectivity index is 1.79. The molecule has 0 heterocycles. The fourth-order valence-electron chi connectivity index (χ4n) is 1.88. The number of hydrogen-bond acceptors (Lipinski definition) is 6. The third-order valence-corrected chi connectivity index (χ3v) is 4.51. The summed E-state index contributed by atoms with van der Waals surface area (Å²) in [7, 11) is 0.